The minimum Gasteiger partial charge on any atom is -0.493 e. The molecule has 1 N–H and O–H groups in total. The van der Waals surface area contributed by atoms with Crippen molar-refractivity contribution in [1.29, 1.82) is 0 Å². The highest BCUT2D eigenvalue weighted by Crippen LogP contribution is 2.27. The second kappa shape index (κ2) is 10.1. The number of amides is 1. The normalized spacial score (nSPS) is 11.8. The molecule has 0 aliphatic heterocycles. The largest absolute Gasteiger partial charge is 0.493 e. The highest BCUT2D eigenvalue weighted by atomic mass is 32.2. The molecule has 1 amide bonds. The lowest BCUT2D eigenvalue weighted by Gasteiger charge is -2.11. The van der Waals surface area contributed by atoms with Crippen LogP contribution in [0, 0.1) is 0 Å². The molecule has 1 heterocycles. The molecule has 29 heavy (non-hydrogen) atoms. The van der Waals surface area contributed by atoms with Crippen LogP contribution in [0.1, 0.15) is 17.1 Å². The van der Waals surface area contributed by atoms with E-state index in [-0.39, 0.29) is 12.5 Å². The topological polar surface area (TPSA) is 98.1 Å². The lowest BCUT2D eigenvalue weighted by Crippen LogP contribution is -2.24. The van der Waals surface area contributed by atoms with Gasteiger partial charge in [0.15, 0.2) is 11.5 Å². The molecule has 0 atom stereocenters. The van der Waals surface area contributed by atoms with Gasteiger partial charge in [0.25, 0.3) is 0 Å². The third kappa shape index (κ3) is 6.95. The van der Waals surface area contributed by atoms with Gasteiger partial charge in [-0.25, -0.2) is 8.42 Å². The molecule has 9 heteroatoms. The average Bonchev–Trinajstić information content (AvgIpc) is 3.12. The fourth-order valence-corrected chi connectivity index (χ4v) is 2.85. The van der Waals surface area contributed by atoms with Crippen molar-refractivity contribution in [3.8, 4) is 11.5 Å². The molecule has 1 aromatic carbocycles. The van der Waals surface area contributed by atoms with Gasteiger partial charge in [0.1, 0.15) is 11.5 Å². The van der Waals surface area contributed by atoms with Crippen molar-refractivity contribution >= 4 is 22.0 Å². The Balaban J connectivity index is 1.83. The van der Waals surface area contributed by atoms with Gasteiger partial charge in [0.2, 0.25) is 15.9 Å². The first-order valence-corrected chi connectivity index (χ1v) is 10.7. The van der Waals surface area contributed by atoms with Crippen molar-refractivity contribution in [2.45, 2.75) is 13.0 Å². The number of methoxy groups -OCH3 is 2. The number of nitrogens with zero attached hydrogens (tertiary/aromatic N) is 1. The Bertz CT molecular complexity index is 965. The van der Waals surface area contributed by atoms with Gasteiger partial charge in [-0.15, -0.1) is 0 Å². The maximum Gasteiger partial charge on any atom is 0.244 e. The molecule has 0 fully saturated rings. The second-order valence-corrected chi connectivity index (χ2v) is 8.48. The van der Waals surface area contributed by atoms with Crippen molar-refractivity contribution in [2.24, 2.45) is 0 Å². The highest BCUT2D eigenvalue weighted by Gasteiger charge is 2.13. The van der Waals surface area contributed by atoms with Gasteiger partial charge in [-0.05, 0) is 42.3 Å². The number of carbonyl (C=O) groups is 1. The standard InChI is InChI=1S/C20H26N2O6S/c1-22(29(4,24)25)14-17-7-6-16(28-17)8-10-20(23)21-12-11-15-5-9-18(26-2)19(13-15)27-3/h5-10,13H,11-12,14H2,1-4H3,(H,21,23)/b10-8+. The first-order valence-electron chi connectivity index (χ1n) is 8.89. The number of carbonyl (C=O) groups excluding carboxylic acids is 1. The van der Waals surface area contributed by atoms with Crippen molar-refractivity contribution in [3.05, 3.63) is 53.5 Å². The van der Waals surface area contributed by atoms with Gasteiger partial charge in [0, 0.05) is 19.7 Å². The van der Waals surface area contributed by atoms with Gasteiger partial charge in [0.05, 0.1) is 27.0 Å². The molecular formula is C20H26N2O6S. The molecule has 2 rings (SSSR count). The predicted octanol–water partition coefficient (Wildman–Crippen LogP) is 2.06. The van der Waals surface area contributed by atoms with Crippen LogP contribution in [0.2, 0.25) is 0 Å². The monoisotopic (exact) mass is 422 g/mol. The molecule has 0 aliphatic carbocycles. The second-order valence-electron chi connectivity index (χ2n) is 6.39. The molecule has 0 saturated heterocycles. The smallest absolute Gasteiger partial charge is 0.244 e. The van der Waals surface area contributed by atoms with Gasteiger partial charge >= 0.3 is 0 Å². The molecule has 0 aliphatic rings. The third-order valence-electron chi connectivity index (χ3n) is 4.19. The summed E-state index contributed by atoms with van der Waals surface area (Å²) in [6.45, 7) is 0.589. The van der Waals surface area contributed by atoms with E-state index in [9.17, 15) is 13.2 Å². The van der Waals surface area contributed by atoms with E-state index in [0.29, 0.717) is 36.0 Å². The van der Waals surface area contributed by atoms with E-state index in [1.54, 1.807) is 26.4 Å². The zero-order valence-electron chi connectivity index (χ0n) is 17.0. The summed E-state index contributed by atoms with van der Waals surface area (Å²) < 4.78 is 40.0. The van der Waals surface area contributed by atoms with Crippen LogP contribution in [0.25, 0.3) is 6.08 Å². The zero-order chi connectivity index (χ0) is 21.4. The van der Waals surface area contributed by atoms with E-state index in [1.165, 1.54) is 23.5 Å². The number of ether oxygens (including phenoxy) is 2. The van der Waals surface area contributed by atoms with E-state index in [2.05, 4.69) is 5.32 Å². The predicted molar refractivity (Wildman–Crippen MR) is 110 cm³/mol. The minimum absolute atomic E-state index is 0.129. The highest BCUT2D eigenvalue weighted by molar-refractivity contribution is 7.88. The Labute approximate surface area is 171 Å². The molecule has 0 bridgehead atoms. The van der Waals surface area contributed by atoms with Crippen molar-refractivity contribution in [3.63, 3.8) is 0 Å². The summed E-state index contributed by atoms with van der Waals surface area (Å²) in [6.07, 6.45) is 4.68. The maximum absolute atomic E-state index is 12.0. The van der Waals surface area contributed by atoms with Gasteiger partial charge in [-0.2, -0.15) is 4.31 Å². The number of hydrogen-bond acceptors (Lipinski definition) is 6. The number of sulfonamides is 1. The Morgan fingerprint density at radius 1 is 1.17 bits per heavy atom. The molecule has 0 saturated carbocycles. The molecule has 0 radical (unpaired) electrons. The summed E-state index contributed by atoms with van der Waals surface area (Å²) in [4.78, 5) is 12.0. The van der Waals surface area contributed by atoms with Gasteiger partial charge < -0.3 is 19.2 Å². The number of benzene rings is 1. The Morgan fingerprint density at radius 2 is 1.90 bits per heavy atom. The molecule has 0 spiro atoms. The van der Waals surface area contributed by atoms with Gasteiger partial charge in [-0.3, -0.25) is 4.79 Å². The van der Waals surface area contributed by atoms with Crippen LogP contribution in [0.5, 0.6) is 11.5 Å². The fraction of sp³-hybridized carbons (Fsp3) is 0.350. The summed E-state index contributed by atoms with van der Waals surface area (Å²) in [5.74, 6) is 2.01. The summed E-state index contributed by atoms with van der Waals surface area (Å²) in [5.41, 5.74) is 1.01. The summed E-state index contributed by atoms with van der Waals surface area (Å²) in [7, 11) is 1.34. The van der Waals surface area contributed by atoms with Crippen LogP contribution in [0.3, 0.4) is 0 Å². The van der Waals surface area contributed by atoms with Crippen molar-refractivity contribution in [1.82, 2.24) is 9.62 Å². The molecule has 1 aromatic heterocycles. The molecule has 8 nitrogen and oxygen atoms in total. The van der Waals surface area contributed by atoms with E-state index < -0.39 is 10.0 Å². The van der Waals surface area contributed by atoms with Crippen molar-refractivity contribution in [2.75, 3.05) is 34.1 Å². The summed E-state index contributed by atoms with van der Waals surface area (Å²) in [5, 5.41) is 2.80. The third-order valence-corrected chi connectivity index (χ3v) is 5.45. The van der Waals surface area contributed by atoms with E-state index in [0.717, 1.165) is 11.8 Å². The quantitative estimate of drug-likeness (QED) is 0.589. The van der Waals surface area contributed by atoms with Crippen LogP contribution in [-0.4, -0.2) is 52.7 Å². The summed E-state index contributed by atoms with van der Waals surface area (Å²) >= 11 is 0. The van der Waals surface area contributed by atoms with E-state index in [1.807, 2.05) is 18.2 Å². The Kier molecular flexibility index (Phi) is 7.86. The van der Waals surface area contributed by atoms with E-state index in [4.69, 9.17) is 13.9 Å². The van der Waals surface area contributed by atoms with Crippen molar-refractivity contribution < 1.29 is 27.1 Å². The number of furan rings is 1. The molecule has 2 aromatic rings. The lowest BCUT2D eigenvalue weighted by molar-refractivity contribution is -0.116. The average molecular weight is 423 g/mol. The first kappa shape index (κ1) is 22.5. The lowest BCUT2D eigenvalue weighted by atomic mass is 10.1. The van der Waals surface area contributed by atoms with Crippen LogP contribution >= 0.6 is 0 Å². The minimum atomic E-state index is -3.28. The number of hydrogen-bond donors (Lipinski definition) is 1. The van der Waals surface area contributed by atoms with Gasteiger partial charge in [-0.1, -0.05) is 6.07 Å². The SMILES string of the molecule is COc1ccc(CCNC(=O)/C=C/c2ccc(CN(C)S(C)(=O)=O)o2)cc1OC. The summed E-state index contributed by atoms with van der Waals surface area (Å²) in [6, 6.07) is 8.97. The van der Waals surface area contributed by atoms with Crippen LogP contribution in [0.4, 0.5) is 0 Å². The number of rotatable bonds is 10. The van der Waals surface area contributed by atoms with Crippen LogP contribution < -0.4 is 14.8 Å². The van der Waals surface area contributed by atoms with Crippen LogP contribution in [-0.2, 0) is 27.8 Å². The van der Waals surface area contributed by atoms with E-state index >= 15 is 0 Å². The Morgan fingerprint density at radius 3 is 2.55 bits per heavy atom. The fourth-order valence-electron chi connectivity index (χ4n) is 2.49. The first-order chi connectivity index (χ1) is 13.7. The van der Waals surface area contributed by atoms with Crippen LogP contribution in [0.15, 0.2) is 40.8 Å². The zero-order valence-corrected chi connectivity index (χ0v) is 17.8. The molecule has 0 unspecified atom stereocenters. The molecule has 158 valence electrons. The Hall–Kier alpha value is -2.78. The molecular weight excluding hydrogens is 396 g/mol. The maximum atomic E-state index is 12.0. The number of nitrogens with one attached hydrogen (secondary N) is 1.